The van der Waals surface area contributed by atoms with Gasteiger partial charge < -0.3 is 9.88 Å². The van der Waals surface area contributed by atoms with E-state index in [4.69, 9.17) is 0 Å². The Morgan fingerprint density at radius 1 is 1.33 bits per heavy atom. The summed E-state index contributed by atoms with van der Waals surface area (Å²) in [5.41, 5.74) is -0.338. The zero-order chi connectivity index (χ0) is 18.0. The van der Waals surface area contributed by atoms with Gasteiger partial charge in [0.2, 0.25) is 5.91 Å². The van der Waals surface area contributed by atoms with E-state index in [2.05, 4.69) is 10.3 Å². The first kappa shape index (κ1) is 18.8. The summed E-state index contributed by atoms with van der Waals surface area (Å²) in [6, 6.07) is -0.325. The zero-order valence-corrected chi connectivity index (χ0v) is 14.4. The molecule has 1 aromatic rings. The highest BCUT2D eigenvalue weighted by atomic mass is 19.4. The summed E-state index contributed by atoms with van der Waals surface area (Å²) in [6.07, 6.45) is 0.990. The summed E-state index contributed by atoms with van der Waals surface area (Å²) in [5.74, 6) is 0.263. The lowest BCUT2D eigenvalue weighted by molar-refractivity contribution is -0.141. The van der Waals surface area contributed by atoms with Crippen LogP contribution >= 0.6 is 0 Å². The van der Waals surface area contributed by atoms with Gasteiger partial charge in [-0.05, 0) is 40.2 Å². The van der Waals surface area contributed by atoms with Crippen LogP contribution in [-0.2, 0) is 17.9 Å². The van der Waals surface area contributed by atoms with E-state index in [0.29, 0.717) is 18.8 Å². The second-order valence-electron chi connectivity index (χ2n) is 7.31. The normalized spacial score (nSPS) is 20.2. The maximum atomic E-state index is 12.6. The Hall–Kier alpha value is -1.57. The summed E-state index contributed by atoms with van der Waals surface area (Å²) >= 11 is 0. The number of amides is 1. The van der Waals surface area contributed by atoms with Gasteiger partial charge in [-0.2, -0.15) is 13.2 Å². The average Bonchev–Trinajstić information content (AvgIpc) is 2.82. The van der Waals surface area contributed by atoms with Crippen molar-refractivity contribution in [3.8, 4) is 0 Å². The number of halogens is 3. The first-order valence-corrected chi connectivity index (χ1v) is 8.18. The van der Waals surface area contributed by atoms with Crippen LogP contribution in [0.2, 0.25) is 0 Å². The topological polar surface area (TPSA) is 50.2 Å². The third-order valence-corrected chi connectivity index (χ3v) is 3.91. The molecule has 0 bridgehead atoms. The minimum Gasteiger partial charge on any atom is -0.350 e. The molecule has 0 unspecified atom stereocenters. The van der Waals surface area contributed by atoms with E-state index < -0.39 is 12.7 Å². The van der Waals surface area contributed by atoms with Crippen molar-refractivity contribution < 1.29 is 18.0 Å². The number of imidazole rings is 1. The van der Waals surface area contributed by atoms with Crippen molar-refractivity contribution in [1.29, 1.82) is 0 Å². The number of rotatable bonds is 4. The van der Waals surface area contributed by atoms with Crippen molar-refractivity contribution in [2.24, 2.45) is 0 Å². The van der Waals surface area contributed by atoms with E-state index in [9.17, 15) is 18.0 Å². The van der Waals surface area contributed by atoms with Crippen LogP contribution in [0.3, 0.4) is 0 Å². The Bertz CT molecular complexity index is 562. The molecule has 0 aliphatic carbocycles. The third-order valence-electron chi connectivity index (χ3n) is 3.91. The minimum atomic E-state index is -4.29. The zero-order valence-electron chi connectivity index (χ0n) is 14.4. The second-order valence-corrected chi connectivity index (χ2v) is 7.31. The van der Waals surface area contributed by atoms with Gasteiger partial charge in [-0.25, -0.2) is 4.98 Å². The first-order valence-electron chi connectivity index (χ1n) is 8.18. The van der Waals surface area contributed by atoms with Crippen molar-refractivity contribution in [3.63, 3.8) is 0 Å². The number of piperidine rings is 1. The van der Waals surface area contributed by atoms with E-state index >= 15 is 0 Å². The van der Waals surface area contributed by atoms with Crippen LogP contribution in [0.25, 0.3) is 0 Å². The summed E-state index contributed by atoms with van der Waals surface area (Å²) in [4.78, 5) is 18.5. The molecule has 1 N–H and O–H groups in total. The predicted molar refractivity (Wildman–Crippen MR) is 84.2 cm³/mol. The van der Waals surface area contributed by atoms with Gasteiger partial charge in [-0.3, -0.25) is 9.69 Å². The molecule has 0 spiro atoms. The van der Waals surface area contributed by atoms with E-state index in [1.54, 1.807) is 0 Å². The van der Waals surface area contributed by atoms with Crippen LogP contribution in [0.5, 0.6) is 0 Å². The largest absolute Gasteiger partial charge is 0.406 e. The molecule has 1 amide bonds. The number of likely N-dealkylation sites (tertiary alicyclic amines) is 1. The standard InChI is InChI=1S/C16H25F3N4O/c1-15(2,3)21-14(24)12-6-4-5-8-22(12)10-13-20-7-9-23(13)11-16(17,18)19/h7,9,12H,4-6,8,10-11H2,1-3H3,(H,21,24)/t12-/m0/s1. The summed E-state index contributed by atoms with van der Waals surface area (Å²) in [5, 5.41) is 2.96. The van der Waals surface area contributed by atoms with Gasteiger partial charge in [0.1, 0.15) is 12.4 Å². The van der Waals surface area contributed by atoms with Gasteiger partial charge in [0.15, 0.2) is 0 Å². The first-order chi connectivity index (χ1) is 11.1. The predicted octanol–water partition coefficient (Wildman–Crippen LogP) is 2.71. The highest BCUT2D eigenvalue weighted by Gasteiger charge is 2.33. The molecule has 1 aromatic heterocycles. The Morgan fingerprint density at radius 3 is 2.67 bits per heavy atom. The third kappa shape index (κ3) is 5.51. The molecule has 1 atom stereocenters. The van der Waals surface area contributed by atoms with Crippen molar-refractivity contribution in [2.75, 3.05) is 6.54 Å². The molecule has 0 saturated carbocycles. The van der Waals surface area contributed by atoms with Crippen LogP contribution in [0.1, 0.15) is 45.9 Å². The molecule has 2 rings (SSSR count). The number of carbonyl (C=O) groups is 1. The monoisotopic (exact) mass is 346 g/mol. The number of nitrogens with zero attached hydrogens (tertiary/aromatic N) is 3. The Balaban J connectivity index is 2.09. The van der Waals surface area contributed by atoms with Gasteiger partial charge in [-0.15, -0.1) is 0 Å². The van der Waals surface area contributed by atoms with E-state index in [0.717, 1.165) is 17.4 Å². The number of aromatic nitrogens is 2. The van der Waals surface area contributed by atoms with Crippen LogP contribution in [0.4, 0.5) is 13.2 Å². The molecule has 5 nitrogen and oxygen atoms in total. The maximum absolute atomic E-state index is 12.6. The van der Waals surface area contributed by atoms with E-state index in [-0.39, 0.29) is 24.0 Å². The molecular formula is C16H25F3N4O. The van der Waals surface area contributed by atoms with Gasteiger partial charge in [0.25, 0.3) is 0 Å². The Morgan fingerprint density at radius 2 is 2.04 bits per heavy atom. The highest BCUT2D eigenvalue weighted by molar-refractivity contribution is 5.82. The van der Waals surface area contributed by atoms with Crippen LogP contribution in [0, 0.1) is 0 Å². The van der Waals surface area contributed by atoms with Gasteiger partial charge in [0, 0.05) is 17.9 Å². The maximum Gasteiger partial charge on any atom is 0.406 e. The number of carbonyl (C=O) groups excluding carboxylic acids is 1. The average molecular weight is 346 g/mol. The fourth-order valence-electron chi connectivity index (χ4n) is 2.94. The summed E-state index contributed by atoms with van der Waals surface area (Å²) in [6.45, 7) is 5.60. The molecule has 1 aliphatic rings. The van der Waals surface area contributed by atoms with Crippen LogP contribution in [-0.4, -0.2) is 44.7 Å². The summed E-state index contributed by atoms with van der Waals surface area (Å²) in [7, 11) is 0. The number of hydrogen-bond donors (Lipinski definition) is 1. The van der Waals surface area contributed by atoms with E-state index in [1.807, 2.05) is 25.7 Å². The van der Waals surface area contributed by atoms with Gasteiger partial charge >= 0.3 is 6.18 Å². The van der Waals surface area contributed by atoms with Crippen molar-refractivity contribution in [1.82, 2.24) is 19.8 Å². The molecule has 136 valence electrons. The van der Waals surface area contributed by atoms with Crippen molar-refractivity contribution in [2.45, 2.75) is 70.9 Å². The smallest absolute Gasteiger partial charge is 0.350 e. The van der Waals surface area contributed by atoms with Gasteiger partial charge in [0.05, 0.1) is 12.6 Å². The Labute approximate surface area is 140 Å². The fourth-order valence-corrected chi connectivity index (χ4v) is 2.94. The molecule has 1 aliphatic heterocycles. The lowest BCUT2D eigenvalue weighted by Crippen LogP contribution is -2.53. The Kier molecular flexibility index (Phi) is 5.57. The molecule has 1 saturated heterocycles. The highest BCUT2D eigenvalue weighted by Crippen LogP contribution is 2.22. The molecule has 0 radical (unpaired) electrons. The SMILES string of the molecule is CC(C)(C)NC(=O)[C@@H]1CCCCN1Cc1nccn1CC(F)(F)F. The number of nitrogens with one attached hydrogen (secondary N) is 1. The molecule has 24 heavy (non-hydrogen) atoms. The molecule has 1 fully saturated rings. The quantitative estimate of drug-likeness (QED) is 0.912. The fraction of sp³-hybridized carbons (Fsp3) is 0.750. The molecule has 8 heteroatoms. The number of hydrogen-bond acceptors (Lipinski definition) is 3. The van der Waals surface area contributed by atoms with Crippen LogP contribution < -0.4 is 5.32 Å². The van der Waals surface area contributed by atoms with Crippen molar-refractivity contribution in [3.05, 3.63) is 18.2 Å². The van der Waals surface area contributed by atoms with E-state index in [1.165, 1.54) is 12.4 Å². The molecule has 2 heterocycles. The van der Waals surface area contributed by atoms with Crippen molar-refractivity contribution >= 4 is 5.91 Å². The number of alkyl halides is 3. The minimum absolute atomic E-state index is 0.0730. The second kappa shape index (κ2) is 7.13. The van der Waals surface area contributed by atoms with Gasteiger partial charge in [-0.1, -0.05) is 6.42 Å². The molecule has 0 aromatic carbocycles. The lowest BCUT2D eigenvalue weighted by atomic mass is 9.99. The lowest BCUT2D eigenvalue weighted by Gasteiger charge is -2.36. The van der Waals surface area contributed by atoms with Crippen LogP contribution in [0.15, 0.2) is 12.4 Å². The molecular weight excluding hydrogens is 321 g/mol. The summed E-state index contributed by atoms with van der Waals surface area (Å²) < 4.78 is 39.0.